The Morgan fingerprint density at radius 1 is 1.09 bits per heavy atom. The van der Waals surface area contributed by atoms with Crippen molar-refractivity contribution in [1.29, 1.82) is 0 Å². The zero-order valence-corrected chi connectivity index (χ0v) is 13.1. The predicted octanol–water partition coefficient (Wildman–Crippen LogP) is 3.59. The second-order valence-corrected chi connectivity index (χ2v) is 6.49. The van der Waals surface area contributed by atoms with Gasteiger partial charge in [0.2, 0.25) is 17.6 Å². The summed E-state index contributed by atoms with van der Waals surface area (Å²) in [4.78, 5) is 19.2. The Labute approximate surface area is 135 Å². The molecule has 2 aliphatic rings. The smallest absolute Gasteiger partial charge is 0.249 e. The maximum absolute atomic E-state index is 12.7. The molecule has 2 fully saturated rings. The highest BCUT2D eigenvalue weighted by Gasteiger charge is 2.37. The highest BCUT2D eigenvalue weighted by atomic mass is 16.5. The molecule has 1 aromatic carbocycles. The Balaban J connectivity index is 1.57. The summed E-state index contributed by atoms with van der Waals surface area (Å²) < 4.78 is 5.52. The van der Waals surface area contributed by atoms with E-state index in [4.69, 9.17) is 4.52 Å². The normalized spacial score (nSPS) is 21.9. The molecule has 0 radical (unpaired) electrons. The maximum atomic E-state index is 12.7. The van der Waals surface area contributed by atoms with Gasteiger partial charge in [0.15, 0.2) is 0 Å². The van der Waals surface area contributed by atoms with Crippen molar-refractivity contribution >= 4 is 5.91 Å². The van der Waals surface area contributed by atoms with Gasteiger partial charge in [0.25, 0.3) is 0 Å². The fraction of sp³-hybridized carbons (Fsp3) is 0.500. The van der Waals surface area contributed by atoms with E-state index >= 15 is 0 Å². The largest absolute Gasteiger partial charge is 0.337 e. The third kappa shape index (κ3) is 2.76. The van der Waals surface area contributed by atoms with Crippen LogP contribution in [0.2, 0.25) is 0 Å². The third-order valence-electron chi connectivity index (χ3n) is 5.00. The van der Waals surface area contributed by atoms with Crippen LogP contribution in [0, 0.1) is 5.92 Å². The molecule has 5 heteroatoms. The van der Waals surface area contributed by atoms with Gasteiger partial charge in [-0.1, -0.05) is 41.9 Å². The van der Waals surface area contributed by atoms with Gasteiger partial charge in [-0.05, 0) is 32.1 Å². The lowest BCUT2D eigenvalue weighted by Gasteiger charge is -2.38. The first kappa shape index (κ1) is 14.4. The zero-order chi connectivity index (χ0) is 15.6. The summed E-state index contributed by atoms with van der Waals surface area (Å²) in [6.45, 7) is 0.809. The number of likely N-dealkylation sites (tertiary alicyclic amines) is 1. The Kier molecular flexibility index (Phi) is 3.85. The number of hydrogen-bond acceptors (Lipinski definition) is 4. The molecule has 1 aromatic heterocycles. The van der Waals surface area contributed by atoms with Crippen molar-refractivity contribution in [3.63, 3.8) is 0 Å². The van der Waals surface area contributed by atoms with E-state index in [2.05, 4.69) is 10.1 Å². The van der Waals surface area contributed by atoms with Gasteiger partial charge in [-0.3, -0.25) is 4.79 Å². The number of aromatic nitrogens is 2. The quantitative estimate of drug-likeness (QED) is 0.869. The molecule has 1 amide bonds. The topological polar surface area (TPSA) is 59.2 Å². The first-order valence-electron chi connectivity index (χ1n) is 8.52. The molecule has 1 aliphatic carbocycles. The number of carbonyl (C=O) groups is 1. The van der Waals surface area contributed by atoms with Gasteiger partial charge in [0, 0.05) is 18.0 Å². The summed E-state index contributed by atoms with van der Waals surface area (Å²) in [5, 5.41) is 4.11. The first-order valence-corrected chi connectivity index (χ1v) is 8.52. The van der Waals surface area contributed by atoms with Crippen molar-refractivity contribution in [2.45, 2.75) is 44.6 Å². The molecule has 1 aliphatic heterocycles. The van der Waals surface area contributed by atoms with Gasteiger partial charge in [0.05, 0.1) is 0 Å². The highest BCUT2D eigenvalue weighted by molar-refractivity contribution is 5.80. The standard InChI is InChI=1S/C18H21N3O2/c22-18(14-9-6-10-14)21-12-5-4-11-15(21)17-19-16(20-23-17)13-7-2-1-3-8-13/h1-3,7-8,14-15H,4-6,9-12H2. The molecule has 0 bridgehead atoms. The lowest BCUT2D eigenvalue weighted by molar-refractivity contribution is -0.142. The number of benzene rings is 1. The zero-order valence-electron chi connectivity index (χ0n) is 13.1. The van der Waals surface area contributed by atoms with Gasteiger partial charge < -0.3 is 9.42 Å². The molecular formula is C18H21N3O2. The summed E-state index contributed by atoms with van der Waals surface area (Å²) in [6.07, 6.45) is 6.31. The van der Waals surface area contributed by atoms with Crippen LogP contribution >= 0.6 is 0 Å². The van der Waals surface area contributed by atoms with Crippen LogP contribution in [0.5, 0.6) is 0 Å². The van der Waals surface area contributed by atoms with Crippen molar-refractivity contribution < 1.29 is 9.32 Å². The summed E-state index contributed by atoms with van der Waals surface area (Å²) in [6, 6.07) is 9.75. The Morgan fingerprint density at radius 2 is 1.91 bits per heavy atom. The van der Waals surface area contributed by atoms with Gasteiger partial charge in [-0.2, -0.15) is 4.98 Å². The van der Waals surface area contributed by atoms with Crippen LogP contribution in [-0.2, 0) is 4.79 Å². The second-order valence-electron chi connectivity index (χ2n) is 6.49. The Hall–Kier alpha value is -2.17. The monoisotopic (exact) mass is 311 g/mol. The van der Waals surface area contributed by atoms with Crippen LogP contribution in [0.15, 0.2) is 34.9 Å². The van der Waals surface area contributed by atoms with Gasteiger partial charge in [-0.15, -0.1) is 0 Å². The Morgan fingerprint density at radius 3 is 2.65 bits per heavy atom. The molecule has 2 heterocycles. The van der Waals surface area contributed by atoms with Gasteiger partial charge in [-0.25, -0.2) is 0 Å². The molecule has 0 N–H and O–H groups in total. The van der Waals surface area contributed by atoms with E-state index in [0.29, 0.717) is 11.7 Å². The van der Waals surface area contributed by atoms with Crippen molar-refractivity contribution in [2.75, 3.05) is 6.54 Å². The molecule has 1 saturated heterocycles. The third-order valence-corrected chi connectivity index (χ3v) is 5.00. The van der Waals surface area contributed by atoms with Crippen LogP contribution in [0.1, 0.15) is 50.5 Å². The van der Waals surface area contributed by atoms with E-state index in [0.717, 1.165) is 44.2 Å². The van der Waals surface area contributed by atoms with Crippen LogP contribution < -0.4 is 0 Å². The van der Waals surface area contributed by atoms with Crippen LogP contribution in [0.4, 0.5) is 0 Å². The molecule has 120 valence electrons. The first-order chi connectivity index (χ1) is 11.3. The van der Waals surface area contributed by atoms with E-state index in [1.54, 1.807) is 0 Å². The van der Waals surface area contributed by atoms with E-state index in [1.807, 2.05) is 35.2 Å². The molecule has 4 rings (SSSR count). The number of hydrogen-bond donors (Lipinski definition) is 0. The molecule has 1 saturated carbocycles. The van der Waals surface area contributed by atoms with E-state index in [1.165, 1.54) is 6.42 Å². The summed E-state index contributed by atoms with van der Waals surface area (Å²) in [7, 11) is 0. The fourth-order valence-corrected chi connectivity index (χ4v) is 3.42. The van der Waals surface area contributed by atoms with E-state index < -0.39 is 0 Å². The fourth-order valence-electron chi connectivity index (χ4n) is 3.42. The van der Waals surface area contributed by atoms with Gasteiger partial charge in [0.1, 0.15) is 6.04 Å². The number of carbonyl (C=O) groups excluding carboxylic acids is 1. The summed E-state index contributed by atoms with van der Waals surface area (Å²) >= 11 is 0. The minimum absolute atomic E-state index is 0.0539. The van der Waals surface area contributed by atoms with Crippen molar-refractivity contribution in [2.24, 2.45) is 5.92 Å². The molecule has 5 nitrogen and oxygen atoms in total. The Bertz CT molecular complexity index is 679. The maximum Gasteiger partial charge on any atom is 0.249 e. The predicted molar refractivity (Wildman–Crippen MR) is 85.4 cm³/mol. The number of amides is 1. The average molecular weight is 311 g/mol. The number of rotatable bonds is 3. The molecular weight excluding hydrogens is 290 g/mol. The van der Waals surface area contributed by atoms with E-state index in [-0.39, 0.29) is 17.9 Å². The van der Waals surface area contributed by atoms with Gasteiger partial charge >= 0.3 is 0 Å². The van der Waals surface area contributed by atoms with Crippen LogP contribution in [0.25, 0.3) is 11.4 Å². The number of nitrogens with zero attached hydrogens (tertiary/aromatic N) is 3. The second kappa shape index (κ2) is 6.14. The highest BCUT2D eigenvalue weighted by Crippen LogP contribution is 2.36. The minimum atomic E-state index is -0.0539. The molecule has 1 atom stereocenters. The average Bonchev–Trinajstić information content (AvgIpc) is 3.04. The molecule has 2 aromatic rings. The van der Waals surface area contributed by atoms with E-state index in [9.17, 15) is 4.79 Å². The lowest BCUT2D eigenvalue weighted by Crippen LogP contribution is -2.43. The molecule has 1 unspecified atom stereocenters. The minimum Gasteiger partial charge on any atom is -0.337 e. The van der Waals surface area contributed by atoms with Crippen molar-refractivity contribution in [1.82, 2.24) is 15.0 Å². The lowest BCUT2D eigenvalue weighted by atomic mass is 9.83. The van der Waals surface area contributed by atoms with Crippen LogP contribution in [-0.4, -0.2) is 27.5 Å². The summed E-state index contributed by atoms with van der Waals surface area (Å²) in [5.74, 6) is 1.67. The molecule has 23 heavy (non-hydrogen) atoms. The van der Waals surface area contributed by atoms with Crippen molar-refractivity contribution in [3.05, 3.63) is 36.2 Å². The molecule has 0 spiro atoms. The number of piperidine rings is 1. The SMILES string of the molecule is O=C(C1CCC1)N1CCCCC1c1nc(-c2ccccc2)no1. The van der Waals surface area contributed by atoms with Crippen molar-refractivity contribution in [3.8, 4) is 11.4 Å². The summed E-state index contributed by atoms with van der Waals surface area (Å²) in [5.41, 5.74) is 0.940. The van der Waals surface area contributed by atoms with Crippen LogP contribution in [0.3, 0.4) is 0 Å².